The number of benzene rings is 1. The average Bonchev–Trinajstić information content (AvgIpc) is 2.58. The third-order valence-corrected chi connectivity index (χ3v) is 6.15. The molecule has 1 aromatic carbocycles. The molecule has 1 saturated heterocycles. The van der Waals surface area contributed by atoms with Gasteiger partial charge in [-0.2, -0.15) is 0 Å². The summed E-state index contributed by atoms with van der Waals surface area (Å²) in [5, 5.41) is 2.99. The van der Waals surface area contributed by atoms with Crippen LogP contribution in [0.15, 0.2) is 24.3 Å². The van der Waals surface area contributed by atoms with E-state index in [2.05, 4.69) is 12.2 Å². The van der Waals surface area contributed by atoms with E-state index in [9.17, 15) is 14.4 Å². The first-order valence-electron chi connectivity index (χ1n) is 9.26. The van der Waals surface area contributed by atoms with Crippen molar-refractivity contribution in [3.05, 3.63) is 29.8 Å². The molecule has 2 aliphatic rings. The molecule has 1 saturated carbocycles. The van der Waals surface area contributed by atoms with Crippen LogP contribution in [-0.4, -0.2) is 29.7 Å². The van der Waals surface area contributed by atoms with Gasteiger partial charge in [0.05, 0.1) is 0 Å². The highest BCUT2D eigenvalue weighted by Gasteiger charge is 2.62. The monoisotopic (exact) mass is 356 g/mol. The highest BCUT2D eigenvalue weighted by Crippen LogP contribution is 2.58. The molecule has 26 heavy (non-hydrogen) atoms. The maximum absolute atomic E-state index is 13.1. The Kier molecular flexibility index (Phi) is 4.25. The lowest BCUT2D eigenvalue weighted by atomic mass is 9.51. The zero-order chi connectivity index (χ0) is 19.3. The van der Waals surface area contributed by atoms with Crippen molar-refractivity contribution < 1.29 is 14.4 Å². The largest absolute Gasteiger partial charge is 0.326 e. The summed E-state index contributed by atoms with van der Waals surface area (Å²) in [7, 11) is 1.55. The standard InChI is InChI=1S/C21H28N2O3/c1-6-14-7-9-15(10-8-14)22-16(24)19(2)11-20(3)13-21(4,12-19)18(26)23(5)17(20)25/h7-10H,6,11-13H2,1-5H3,(H,22,24). The van der Waals surface area contributed by atoms with E-state index < -0.39 is 16.2 Å². The molecule has 1 N–H and O–H groups in total. The summed E-state index contributed by atoms with van der Waals surface area (Å²) in [4.78, 5) is 39.8. The Morgan fingerprint density at radius 1 is 1.00 bits per heavy atom. The molecule has 0 radical (unpaired) electrons. The van der Waals surface area contributed by atoms with Crippen molar-refractivity contribution in [1.82, 2.24) is 4.90 Å². The molecule has 1 heterocycles. The average molecular weight is 356 g/mol. The maximum Gasteiger partial charge on any atom is 0.234 e. The lowest BCUT2D eigenvalue weighted by molar-refractivity contribution is -0.177. The van der Waals surface area contributed by atoms with Crippen molar-refractivity contribution in [1.29, 1.82) is 0 Å². The van der Waals surface area contributed by atoms with Gasteiger partial charge in [-0.3, -0.25) is 19.3 Å². The van der Waals surface area contributed by atoms with Crippen LogP contribution in [0.5, 0.6) is 0 Å². The molecule has 5 nitrogen and oxygen atoms in total. The number of aryl methyl sites for hydroxylation is 1. The third-order valence-electron chi connectivity index (χ3n) is 6.15. The number of fused-ring (bicyclic) bond motifs is 2. The number of amides is 3. The topological polar surface area (TPSA) is 66.5 Å². The summed E-state index contributed by atoms with van der Waals surface area (Å²) in [6.45, 7) is 7.74. The fourth-order valence-corrected chi connectivity index (χ4v) is 5.24. The van der Waals surface area contributed by atoms with Gasteiger partial charge in [0, 0.05) is 29.0 Å². The summed E-state index contributed by atoms with van der Waals surface area (Å²) in [6, 6.07) is 7.80. The van der Waals surface area contributed by atoms with Crippen LogP contribution in [0.25, 0.3) is 0 Å². The van der Waals surface area contributed by atoms with Gasteiger partial charge in [-0.15, -0.1) is 0 Å². The van der Waals surface area contributed by atoms with Gasteiger partial charge in [0.25, 0.3) is 0 Å². The molecule has 1 aliphatic heterocycles. The molecule has 2 bridgehead atoms. The highest BCUT2D eigenvalue weighted by molar-refractivity contribution is 6.05. The lowest BCUT2D eigenvalue weighted by Crippen LogP contribution is -2.63. The number of likely N-dealkylation sites (tertiary alicyclic amines) is 1. The first-order chi connectivity index (χ1) is 12.0. The molecule has 3 amide bonds. The Morgan fingerprint density at radius 2 is 1.50 bits per heavy atom. The van der Waals surface area contributed by atoms with E-state index in [1.54, 1.807) is 7.05 Å². The number of piperidine rings is 1. The van der Waals surface area contributed by atoms with Crippen molar-refractivity contribution in [3.63, 3.8) is 0 Å². The number of anilines is 1. The third kappa shape index (κ3) is 2.83. The molecule has 140 valence electrons. The molecule has 2 unspecified atom stereocenters. The molecule has 0 aromatic heterocycles. The predicted octanol–water partition coefficient (Wildman–Crippen LogP) is 3.39. The number of nitrogens with zero attached hydrogens (tertiary/aromatic N) is 1. The number of rotatable bonds is 3. The Labute approximate surface area is 155 Å². The van der Waals surface area contributed by atoms with Crippen LogP contribution < -0.4 is 5.32 Å². The van der Waals surface area contributed by atoms with E-state index in [-0.39, 0.29) is 17.7 Å². The summed E-state index contributed by atoms with van der Waals surface area (Å²) < 4.78 is 0. The van der Waals surface area contributed by atoms with Crippen LogP contribution in [0.4, 0.5) is 5.69 Å². The van der Waals surface area contributed by atoms with E-state index in [1.165, 1.54) is 10.5 Å². The first-order valence-corrected chi connectivity index (χ1v) is 9.26. The van der Waals surface area contributed by atoms with Crippen molar-refractivity contribution in [2.24, 2.45) is 16.2 Å². The van der Waals surface area contributed by atoms with Gasteiger partial charge in [-0.05, 0) is 43.4 Å². The van der Waals surface area contributed by atoms with Gasteiger partial charge in [0.15, 0.2) is 0 Å². The Bertz CT molecular complexity index is 740. The Balaban J connectivity index is 1.88. The van der Waals surface area contributed by atoms with E-state index in [0.29, 0.717) is 19.3 Å². The Hall–Kier alpha value is -2.17. The molecule has 1 aromatic rings. The predicted molar refractivity (Wildman–Crippen MR) is 100 cm³/mol. The quantitative estimate of drug-likeness (QED) is 0.844. The SMILES string of the molecule is CCc1ccc(NC(=O)C2(C)CC3(C)CC(C)(C2)C(=O)N(C)C3=O)cc1. The number of hydrogen-bond donors (Lipinski definition) is 1. The molecule has 2 atom stereocenters. The van der Waals surface area contributed by atoms with Crippen LogP contribution in [0.1, 0.15) is 52.5 Å². The normalized spacial score (nSPS) is 34.0. The van der Waals surface area contributed by atoms with Gasteiger partial charge < -0.3 is 5.32 Å². The minimum atomic E-state index is -0.766. The maximum atomic E-state index is 13.1. The van der Waals surface area contributed by atoms with Crippen LogP contribution >= 0.6 is 0 Å². The van der Waals surface area contributed by atoms with Gasteiger partial charge in [0.2, 0.25) is 17.7 Å². The van der Waals surface area contributed by atoms with Crippen LogP contribution in [-0.2, 0) is 20.8 Å². The van der Waals surface area contributed by atoms with Crippen LogP contribution in [0.3, 0.4) is 0 Å². The van der Waals surface area contributed by atoms with Crippen LogP contribution in [0.2, 0.25) is 0 Å². The second kappa shape index (κ2) is 5.93. The molecule has 5 heteroatoms. The Morgan fingerprint density at radius 3 is 1.96 bits per heavy atom. The smallest absolute Gasteiger partial charge is 0.234 e. The zero-order valence-corrected chi connectivity index (χ0v) is 16.3. The lowest BCUT2D eigenvalue weighted by Gasteiger charge is -2.55. The van der Waals surface area contributed by atoms with Gasteiger partial charge in [0.1, 0.15) is 0 Å². The van der Waals surface area contributed by atoms with Crippen molar-refractivity contribution in [2.75, 3.05) is 12.4 Å². The van der Waals surface area contributed by atoms with Gasteiger partial charge >= 0.3 is 0 Å². The van der Waals surface area contributed by atoms with E-state index in [4.69, 9.17) is 0 Å². The summed E-state index contributed by atoms with van der Waals surface area (Å²) in [5.41, 5.74) is -0.186. The summed E-state index contributed by atoms with van der Waals surface area (Å²) in [6.07, 6.45) is 2.35. The van der Waals surface area contributed by atoms with E-state index in [0.717, 1.165) is 12.1 Å². The van der Waals surface area contributed by atoms with E-state index >= 15 is 0 Å². The van der Waals surface area contributed by atoms with Gasteiger partial charge in [-0.1, -0.05) is 39.8 Å². The number of carbonyl (C=O) groups is 3. The zero-order valence-electron chi connectivity index (χ0n) is 16.3. The minimum absolute atomic E-state index is 0.121. The number of imide groups is 1. The second-order valence-electron chi connectivity index (χ2n) is 8.89. The van der Waals surface area contributed by atoms with Crippen LogP contribution in [0, 0.1) is 16.2 Å². The number of hydrogen-bond acceptors (Lipinski definition) is 3. The minimum Gasteiger partial charge on any atom is -0.326 e. The first kappa shape index (κ1) is 18.6. The number of carbonyl (C=O) groups excluding carboxylic acids is 3. The van der Waals surface area contributed by atoms with Crippen molar-refractivity contribution in [2.45, 2.75) is 53.4 Å². The van der Waals surface area contributed by atoms with Crippen molar-refractivity contribution in [3.8, 4) is 0 Å². The molecule has 1 aliphatic carbocycles. The fourth-order valence-electron chi connectivity index (χ4n) is 5.24. The highest BCUT2D eigenvalue weighted by atomic mass is 16.2. The molecular weight excluding hydrogens is 328 g/mol. The molecular formula is C21H28N2O3. The molecule has 2 fully saturated rings. The van der Waals surface area contributed by atoms with Gasteiger partial charge in [-0.25, -0.2) is 0 Å². The summed E-state index contributed by atoms with van der Waals surface area (Å²) >= 11 is 0. The van der Waals surface area contributed by atoms with Crippen molar-refractivity contribution >= 4 is 23.4 Å². The number of nitrogens with one attached hydrogen (secondary N) is 1. The second-order valence-corrected chi connectivity index (χ2v) is 8.89. The molecule has 3 rings (SSSR count). The summed E-state index contributed by atoms with van der Waals surface area (Å²) in [5.74, 6) is -0.471. The van der Waals surface area contributed by atoms with E-state index in [1.807, 2.05) is 45.0 Å². The molecule has 0 spiro atoms. The fraction of sp³-hybridized carbons (Fsp3) is 0.571.